The van der Waals surface area contributed by atoms with E-state index in [1.165, 1.54) is 0 Å². The lowest BCUT2D eigenvalue weighted by Gasteiger charge is -2.24. The van der Waals surface area contributed by atoms with Crippen LogP contribution >= 0.6 is 0 Å². The van der Waals surface area contributed by atoms with Crippen molar-refractivity contribution in [3.05, 3.63) is 0 Å². The molecule has 0 aromatic rings. The summed E-state index contributed by atoms with van der Waals surface area (Å²) in [6, 6.07) is -0.00127. The minimum absolute atomic E-state index is 0.00127. The van der Waals surface area contributed by atoms with Gasteiger partial charge in [0.2, 0.25) is 0 Å². The largest absolute Gasteiger partial charge is 0.481 e. The van der Waals surface area contributed by atoms with Crippen LogP contribution in [0.3, 0.4) is 0 Å². The average molecular weight is 219 g/mol. The van der Waals surface area contributed by atoms with Crippen LogP contribution in [0.5, 0.6) is 0 Å². The van der Waals surface area contributed by atoms with Crippen molar-refractivity contribution in [3.8, 4) is 0 Å². The highest BCUT2D eigenvalue weighted by Crippen LogP contribution is 2.13. The van der Waals surface area contributed by atoms with E-state index in [1.54, 1.807) is 21.0 Å². The molecule has 0 rings (SSSR count). The second-order valence-corrected chi connectivity index (χ2v) is 4.23. The van der Waals surface area contributed by atoms with Crippen molar-refractivity contribution in [1.82, 2.24) is 5.32 Å². The van der Waals surface area contributed by atoms with Gasteiger partial charge in [-0.3, -0.25) is 4.79 Å². The average Bonchev–Trinajstić information content (AvgIpc) is 2.15. The maximum absolute atomic E-state index is 10.8. The number of aliphatic hydroxyl groups is 1. The molecule has 0 heterocycles. The van der Waals surface area contributed by atoms with Gasteiger partial charge in [-0.05, 0) is 20.3 Å². The molecule has 0 amide bonds. The van der Waals surface area contributed by atoms with Crippen LogP contribution < -0.4 is 5.32 Å². The molecule has 0 aliphatic carbocycles. The Balaban J connectivity index is 4.02. The topological polar surface area (TPSA) is 78.8 Å². The van der Waals surface area contributed by atoms with Gasteiger partial charge in [0.25, 0.3) is 0 Å². The number of rotatable bonds is 8. The molecule has 5 heteroatoms. The number of aliphatic hydroxyl groups excluding tert-OH is 1. The fourth-order valence-corrected chi connectivity index (χ4v) is 1.08. The van der Waals surface area contributed by atoms with Crippen LogP contribution in [0.4, 0.5) is 0 Å². The molecule has 0 aromatic heterocycles. The Labute approximate surface area is 90.4 Å². The highest BCUT2D eigenvalue weighted by Gasteiger charge is 2.27. The summed E-state index contributed by atoms with van der Waals surface area (Å²) in [7, 11) is 1.58. The lowest BCUT2D eigenvalue weighted by molar-refractivity contribution is -0.146. The Morgan fingerprint density at radius 1 is 1.53 bits per heavy atom. The summed E-state index contributed by atoms with van der Waals surface area (Å²) in [5.41, 5.74) is -0.804. The maximum atomic E-state index is 10.8. The van der Waals surface area contributed by atoms with Crippen LogP contribution in [0, 0.1) is 5.41 Å². The van der Waals surface area contributed by atoms with Gasteiger partial charge in [-0.1, -0.05) is 0 Å². The first kappa shape index (κ1) is 14.3. The highest BCUT2D eigenvalue weighted by atomic mass is 16.5. The van der Waals surface area contributed by atoms with Crippen LogP contribution in [0.2, 0.25) is 0 Å². The van der Waals surface area contributed by atoms with E-state index in [1.807, 2.05) is 0 Å². The number of hydrogen-bond donors (Lipinski definition) is 3. The SMILES string of the molecule is COCC(CCO)NCC(C)(C)C(=O)O. The molecular formula is C10H21NO4. The number of ether oxygens (including phenoxy) is 1. The normalized spacial score (nSPS) is 13.9. The predicted octanol–water partition coefficient (Wildman–Crippen LogP) is 0.0842. The predicted molar refractivity (Wildman–Crippen MR) is 56.8 cm³/mol. The Morgan fingerprint density at radius 3 is 2.53 bits per heavy atom. The van der Waals surface area contributed by atoms with E-state index >= 15 is 0 Å². The van der Waals surface area contributed by atoms with Crippen LogP contribution in [0.25, 0.3) is 0 Å². The summed E-state index contributed by atoms with van der Waals surface area (Å²) in [5, 5.41) is 20.8. The fourth-order valence-electron chi connectivity index (χ4n) is 1.08. The molecule has 0 saturated carbocycles. The molecule has 3 N–H and O–H groups in total. The summed E-state index contributed by atoms with van der Waals surface area (Å²) in [6.45, 7) is 4.21. The molecule has 1 unspecified atom stereocenters. The summed E-state index contributed by atoms with van der Waals surface area (Å²) >= 11 is 0. The Morgan fingerprint density at radius 2 is 2.13 bits per heavy atom. The number of aliphatic carboxylic acids is 1. The molecule has 0 aliphatic heterocycles. The van der Waals surface area contributed by atoms with Crippen LogP contribution in [0.1, 0.15) is 20.3 Å². The van der Waals surface area contributed by atoms with Crippen molar-refractivity contribution in [2.24, 2.45) is 5.41 Å². The third-order valence-corrected chi connectivity index (χ3v) is 2.26. The molecule has 0 bridgehead atoms. The first-order valence-corrected chi connectivity index (χ1v) is 5.00. The summed E-state index contributed by atoms with van der Waals surface area (Å²) in [6.07, 6.45) is 0.559. The third-order valence-electron chi connectivity index (χ3n) is 2.26. The third kappa shape index (κ3) is 5.71. The van der Waals surface area contributed by atoms with Gasteiger partial charge in [-0.2, -0.15) is 0 Å². The van der Waals surface area contributed by atoms with Crippen LogP contribution in [-0.2, 0) is 9.53 Å². The number of nitrogens with one attached hydrogen (secondary N) is 1. The Kier molecular flexibility index (Phi) is 6.47. The van der Waals surface area contributed by atoms with E-state index in [2.05, 4.69) is 5.32 Å². The monoisotopic (exact) mass is 219 g/mol. The first-order valence-electron chi connectivity index (χ1n) is 5.00. The zero-order valence-electron chi connectivity index (χ0n) is 9.62. The minimum Gasteiger partial charge on any atom is -0.481 e. The smallest absolute Gasteiger partial charge is 0.310 e. The number of carboxylic acids is 1. The van der Waals surface area contributed by atoms with Crippen molar-refractivity contribution >= 4 is 5.97 Å². The molecule has 0 radical (unpaired) electrons. The van der Waals surface area contributed by atoms with Gasteiger partial charge in [-0.25, -0.2) is 0 Å². The summed E-state index contributed by atoms with van der Waals surface area (Å²) < 4.78 is 4.96. The molecule has 1 atom stereocenters. The van der Waals surface area contributed by atoms with Gasteiger partial charge in [-0.15, -0.1) is 0 Å². The van der Waals surface area contributed by atoms with Gasteiger partial charge >= 0.3 is 5.97 Å². The molecule has 15 heavy (non-hydrogen) atoms. The van der Waals surface area contributed by atoms with Crippen LogP contribution in [-0.4, -0.2) is 49.1 Å². The molecule has 0 saturated heterocycles. The molecule has 0 aromatic carbocycles. The van der Waals surface area contributed by atoms with Gasteiger partial charge in [0.1, 0.15) is 0 Å². The van der Waals surface area contributed by atoms with E-state index in [0.29, 0.717) is 19.6 Å². The van der Waals surface area contributed by atoms with Gasteiger partial charge in [0, 0.05) is 26.3 Å². The Bertz CT molecular complexity index is 188. The molecule has 0 aliphatic rings. The van der Waals surface area contributed by atoms with E-state index in [0.717, 1.165) is 0 Å². The quantitative estimate of drug-likeness (QED) is 0.539. The second kappa shape index (κ2) is 6.76. The fraction of sp³-hybridized carbons (Fsp3) is 0.900. The summed E-state index contributed by atoms with van der Waals surface area (Å²) in [5.74, 6) is -0.838. The molecule has 0 spiro atoms. The van der Waals surface area contributed by atoms with Gasteiger partial charge in [0.15, 0.2) is 0 Å². The highest BCUT2D eigenvalue weighted by molar-refractivity contribution is 5.73. The van der Waals surface area contributed by atoms with Gasteiger partial charge in [0.05, 0.1) is 12.0 Å². The maximum Gasteiger partial charge on any atom is 0.310 e. The second-order valence-electron chi connectivity index (χ2n) is 4.23. The standard InChI is InChI=1S/C10H21NO4/c1-10(2,9(13)14)7-11-8(4-5-12)6-15-3/h8,11-12H,4-7H2,1-3H3,(H,13,14). The zero-order chi connectivity index (χ0) is 11.9. The zero-order valence-corrected chi connectivity index (χ0v) is 9.62. The number of hydrogen-bond acceptors (Lipinski definition) is 4. The Hall–Kier alpha value is -0.650. The van der Waals surface area contributed by atoms with Gasteiger partial charge < -0.3 is 20.3 Å². The lowest BCUT2D eigenvalue weighted by Crippen LogP contribution is -2.43. The minimum atomic E-state index is -0.838. The molecule has 0 fully saturated rings. The van der Waals surface area contributed by atoms with Crippen molar-refractivity contribution in [3.63, 3.8) is 0 Å². The molecule has 90 valence electrons. The van der Waals surface area contributed by atoms with E-state index in [9.17, 15) is 4.79 Å². The summed E-state index contributed by atoms with van der Waals surface area (Å²) in [4.78, 5) is 10.8. The number of carbonyl (C=O) groups is 1. The lowest BCUT2D eigenvalue weighted by atomic mass is 9.93. The van der Waals surface area contributed by atoms with Crippen molar-refractivity contribution in [1.29, 1.82) is 0 Å². The number of methoxy groups -OCH3 is 1. The van der Waals surface area contributed by atoms with Crippen molar-refractivity contribution in [2.45, 2.75) is 26.3 Å². The molecule has 5 nitrogen and oxygen atoms in total. The van der Waals surface area contributed by atoms with Crippen molar-refractivity contribution in [2.75, 3.05) is 26.9 Å². The first-order chi connectivity index (χ1) is 6.94. The van der Waals surface area contributed by atoms with Crippen LogP contribution in [0.15, 0.2) is 0 Å². The van der Waals surface area contributed by atoms with E-state index in [-0.39, 0.29) is 12.6 Å². The van der Waals surface area contributed by atoms with E-state index in [4.69, 9.17) is 14.9 Å². The number of carboxylic acid groups (broad SMARTS) is 1. The molecular weight excluding hydrogens is 198 g/mol. The van der Waals surface area contributed by atoms with Crippen molar-refractivity contribution < 1.29 is 19.7 Å². The van der Waals surface area contributed by atoms with E-state index < -0.39 is 11.4 Å².